The number of hydrogen-bond acceptors (Lipinski definition) is 5. The summed E-state index contributed by atoms with van der Waals surface area (Å²) >= 11 is 5.73. The van der Waals surface area contributed by atoms with E-state index in [4.69, 9.17) is 11.6 Å². The van der Waals surface area contributed by atoms with Gasteiger partial charge in [-0.25, -0.2) is 12.7 Å². The lowest BCUT2D eigenvalue weighted by atomic mass is 10.1. The summed E-state index contributed by atoms with van der Waals surface area (Å²) < 4.78 is 25.8. The first-order valence-electron chi connectivity index (χ1n) is 7.32. The molecule has 0 aliphatic carbocycles. The van der Waals surface area contributed by atoms with Gasteiger partial charge in [0, 0.05) is 31.4 Å². The first-order valence-corrected chi connectivity index (χ1v) is 9.14. The molecule has 0 saturated heterocycles. The molecule has 138 valence electrons. The van der Waals surface area contributed by atoms with Gasteiger partial charge in [0.2, 0.25) is 10.0 Å². The van der Waals surface area contributed by atoms with Crippen LogP contribution in [0.25, 0.3) is 0 Å². The molecule has 1 N–H and O–H groups in total. The van der Waals surface area contributed by atoms with Crippen molar-refractivity contribution in [3.05, 3.63) is 62.7 Å². The van der Waals surface area contributed by atoms with Crippen LogP contribution in [-0.4, -0.2) is 37.6 Å². The summed E-state index contributed by atoms with van der Waals surface area (Å²) in [5.41, 5.74) is 0.412. The van der Waals surface area contributed by atoms with E-state index in [9.17, 15) is 23.3 Å². The van der Waals surface area contributed by atoms with Gasteiger partial charge in [0.1, 0.15) is 5.02 Å². The molecule has 0 spiro atoms. The van der Waals surface area contributed by atoms with E-state index in [0.29, 0.717) is 5.56 Å². The summed E-state index contributed by atoms with van der Waals surface area (Å²) in [5.74, 6) is -0.623. The van der Waals surface area contributed by atoms with Crippen molar-refractivity contribution >= 4 is 38.9 Å². The largest absolute Gasteiger partial charge is 0.322 e. The number of aryl methyl sites for hydroxylation is 1. The number of carbonyl (C=O) groups is 1. The summed E-state index contributed by atoms with van der Waals surface area (Å²) in [4.78, 5) is 22.6. The summed E-state index contributed by atoms with van der Waals surface area (Å²) in [6, 6.07) is 8.11. The number of hydrogen-bond donors (Lipinski definition) is 1. The topological polar surface area (TPSA) is 110 Å². The Balaban J connectivity index is 2.36. The van der Waals surface area contributed by atoms with Crippen molar-refractivity contribution in [2.24, 2.45) is 0 Å². The van der Waals surface area contributed by atoms with Gasteiger partial charge in [-0.15, -0.1) is 0 Å². The first kappa shape index (κ1) is 19.8. The Morgan fingerprint density at radius 2 is 1.85 bits per heavy atom. The molecule has 1 amide bonds. The second-order valence-corrected chi connectivity index (χ2v) is 8.17. The third-order valence-corrected chi connectivity index (χ3v) is 5.89. The third-order valence-electron chi connectivity index (χ3n) is 3.61. The Kier molecular flexibility index (Phi) is 5.65. The van der Waals surface area contributed by atoms with Gasteiger partial charge in [-0.3, -0.25) is 14.9 Å². The predicted molar refractivity (Wildman–Crippen MR) is 98.1 cm³/mol. The highest BCUT2D eigenvalue weighted by molar-refractivity contribution is 7.89. The van der Waals surface area contributed by atoms with Crippen LogP contribution in [0.15, 0.2) is 41.3 Å². The van der Waals surface area contributed by atoms with Crippen LogP contribution in [-0.2, 0) is 10.0 Å². The van der Waals surface area contributed by atoms with E-state index in [-0.39, 0.29) is 26.9 Å². The maximum atomic E-state index is 12.3. The highest BCUT2D eigenvalue weighted by Gasteiger charge is 2.21. The van der Waals surface area contributed by atoms with Crippen molar-refractivity contribution in [3.63, 3.8) is 0 Å². The highest BCUT2D eigenvalue weighted by atomic mass is 35.5. The molecule has 2 aromatic carbocycles. The molecule has 26 heavy (non-hydrogen) atoms. The lowest BCUT2D eigenvalue weighted by molar-refractivity contribution is -0.384. The van der Waals surface area contributed by atoms with Crippen LogP contribution in [0.4, 0.5) is 11.4 Å². The first-order chi connectivity index (χ1) is 12.0. The zero-order valence-corrected chi connectivity index (χ0v) is 15.8. The molecule has 0 fully saturated rings. The van der Waals surface area contributed by atoms with Gasteiger partial charge >= 0.3 is 0 Å². The SMILES string of the molecule is Cc1ccc(NC(=O)c2ccc(Cl)c([N+](=O)[O-])c2)cc1S(=O)(=O)N(C)C. The van der Waals surface area contributed by atoms with Crippen molar-refractivity contribution in [1.29, 1.82) is 0 Å². The van der Waals surface area contributed by atoms with Crippen molar-refractivity contribution in [3.8, 4) is 0 Å². The minimum absolute atomic E-state index is 0.0266. The van der Waals surface area contributed by atoms with Gasteiger partial charge in [0.25, 0.3) is 11.6 Å². The van der Waals surface area contributed by atoms with Gasteiger partial charge in [0.15, 0.2) is 0 Å². The number of benzene rings is 2. The fraction of sp³-hybridized carbons (Fsp3) is 0.188. The van der Waals surface area contributed by atoms with E-state index in [1.54, 1.807) is 19.1 Å². The number of nitro benzene ring substituents is 1. The van der Waals surface area contributed by atoms with Gasteiger partial charge in [-0.2, -0.15) is 0 Å². The number of halogens is 1. The third kappa shape index (κ3) is 4.01. The summed E-state index contributed by atoms with van der Waals surface area (Å²) in [5, 5.41) is 13.4. The van der Waals surface area contributed by atoms with E-state index in [2.05, 4.69) is 5.32 Å². The number of nitro groups is 1. The van der Waals surface area contributed by atoms with Crippen molar-refractivity contribution in [1.82, 2.24) is 4.31 Å². The number of sulfonamides is 1. The van der Waals surface area contributed by atoms with Crippen LogP contribution in [0.3, 0.4) is 0 Å². The van der Waals surface area contributed by atoms with Crippen molar-refractivity contribution in [2.75, 3.05) is 19.4 Å². The number of rotatable bonds is 5. The quantitative estimate of drug-likeness (QED) is 0.615. The molecule has 0 saturated carbocycles. The molecule has 0 aromatic heterocycles. The van der Waals surface area contributed by atoms with Crippen molar-refractivity contribution < 1.29 is 18.1 Å². The number of anilines is 1. The second kappa shape index (κ2) is 7.40. The van der Waals surface area contributed by atoms with Gasteiger partial charge in [-0.05, 0) is 36.8 Å². The number of nitrogens with zero attached hydrogens (tertiary/aromatic N) is 2. The standard InChI is InChI=1S/C16H16ClN3O5S/c1-10-4-6-12(9-15(10)26(24,25)19(2)3)18-16(21)11-5-7-13(17)14(8-11)20(22)23/h4-9H,1-3H3,(H,18,21). The molecule has 10 heteroatoms. The Labute approximate surface area is 155 Å². The normalized spacial score (nSPS) is 11.4. The molecular weight excluding hydrogens is 382 g/mol. The molecule has 8 nitrogen and oxygen atoms in total. The monoisotopic (exact) mass is 397 g/mol. The van der Waals surface area contributed by atoms with Gasteiger partial charge < -0.3 is 5.32 Å². The zero-order valence-electron chi connectivity index (χ0n) is 14.2. The average molecular weight is 398 g/mol. The molecule has 0 aliphatic rings. The van der Waals surface area contributed by atoms with E-state index in [1.165, 1.54) is 32.3 Å². The number of carbonyl (C=O) groups excluding carboxylic acids is 1. The number of amides is 1. The zero-order chi connectivity index (χ0) is 19.6. The predicted octanol–water partition coefficient (Wildman–Crippen LogP) is 3.06. The molecule has 0 heterocycles. The van der Waals surface area contributed by atoms with E-state index >= 15 is 0 Å². The van der Waals surface area contributed by atoms with Gasteiger partial charge in [0.05, 0.1) is 9.82 Å². The van der Waals surface area contributed by atoms with E-state index < -0.39 is 20.9 Å². The Bertz CT molecular complexity index is 989. The van der Waals surface area contributed by atoms with E-state index in [1.807, 2.05) is 0 Å². The van der Waals surface area contributed by atoms with E-state index in [0.717, 1.165) is 10.4 Å². The highest BCUT2D eigenvalue weighted by Crippen LogP contribution is 2.26. The Morgan fingerprint density at radius 3 is 2.42 bits per heavy atom. The maximum absolute atomic E-state index is 12.3. The van der Waals surface area contributed by atoms with Crippen LogP contribution < -0.4 is 5.32 Å². The smallest absolute Gasteiger partial charge is 0.288 e. The molecule has 2 rings (SSSR count). The molecule has 0 aliphatic heterocycles. The molecule has 0 radical (unpaired) electrons. The lowest BCUT2D eigenvalue weighted by Crippen LogP contribution is -2.23. The molecule has 0 unspecified atom stereocenters. The minimum Gasteiger partial charge on any atom is -0.322 e. The Hall–Kier alpha value is -2.49. The fourth-order valence-electron chi connectivity index (χ4n) is 2.15. The molecule has 0 bridgehead atoms. The van der Waals surface area contributed by atoms with Crippen LogP contribution >= 0.6 is 11.6 Å². The summed E-state index contributed by atoms with van der Waals surface area (Å²) in [7, 11) is -0.860. The van der Waals surface area contributed by atoms with Crippen LogP contribution in [0.5, 0.6) is 0 Å². The van der Waals surface area contributed by atoms with Crippen LogP contribution in [0, 0.1) is 17.0 Å². The van der Waals surface area contributed by atoms with Crippen LogP contribution in [0.2, 0.25) is 5.02 Å². The number of nitrogens with one attached hydrogen (secondary N) is 1. The summed E-state index contributed by atoms with van der Waals surface area (Å²) in [6.07, 6.45) is 0. The van der Waals surface area contributed by atoms with Crippen molar-refractivity contribution in [2.45, 2.75) is 11.8 Å². The second-order valence-electron chi connectivity index (χ2n) is 5.65. The summed E-state index contributed by atoms with van der Waals surface area (Å²) in [6.45, 7) is 1.64. The minimum atomic E-state index is -3.68. The maximum Gasteiger partial charge on any atom is 0.288 e. The van der Waals surface area contributed by atoms with Gasteiger partial charge in [-0.1, -0.05) is 17.7 Å². The Morgan fingerprint density at radius 1 is 1.19 bits per heavy atom. The van der Waals surface area contributed by atoms with Crippen LogP contribution in [0.1, 0.15) is 15.9 Å². The molecule has 2 aromatic rings. The molecular formula is C16H16ClN3O5S. The lowest BCUT2D eigenvalue weighted by Gasteiger charge is -2.15. The molecule has 0 atom stereocenters. The average Bonchev–Trinajstić information content (AvgIpc) is 2.56. The fourth-order valence-corrected chi connectivity index (χ4v) is 3.48.